The Hall–Kier alpha value is -1.84. The molecule has 1 fully saturated rings. The number of nitrogens with zero attached hydrogens (tertiary/aromatic N) is 2. The minimum atomic E-state index is -3.24. The Kier molecular flexibility index (Phi) is 6.23. The third-order valence-corrected chi connectivity index (χ3v) is 6.06. The molecule has 27 heavy (non-hydrogen) atoms. The van der Waals surface area contributed by atoms with E-state index in [-0.39, 0.29) is 18.3 Å². The molecule has 0 N–H and O–H groups in total. The molecule has 1 aromatic heterocycles. The molecule has 2 heterocycles. The molecule has 1 aliphatic rings. The van der Waals surface area contributed by atoms with Crippen LogP contribution in [0.4, 0.5) is 0 Å². The molecule has 0 spiro atoms. The molecule has 0 bridgehead atoms. The van der Waals surface area contributed by atoms with Crippen LogP contribution in [-0.4, -0.2) is 56.0 Å². The maximum Gasteiger partial charge on any atom is 0.289 e. The van der Waals surface area contributed by atoms with Gasteiger partial charge in [-0.15, -0.1) is 0 Å². The second kappa shape index (κ2) is 8.45. The van der Waals surface area contributed by atoms with Gasteiger partial charge in [0, 0.05) is 30.7 Å². The van der Waals surface area contributed by atoms with Gasteiger partial charge in [-0.2, -0.15) is 0 Å². The number of amides is 1. The molecule has 0 saturated carbocycles. The number of carbonyl (C=O) groups is 1. The molecule has 0 unspecified atom stereocenters. The van der Waals surface area contributed by atoms with Gasteiger partial charge in [-0.05, 0) is 36.8 Å². The molecule has 7 nitrogen and oxygen atoms in total. The van der Waals surface area contributed by atoms with Crippen molar-refractivity contribution in [2.45, 2.75) is 13.0 Å². The average Bonchev–Trinajstić information content (AvgIpc) is 2.93. The van der Waals surface area contributed by atoms with E-state index in [1.807, 2.05) is 24.3 Å². The Morgan fingerprint density at radius 3 is 2.74 bits per heavy atom. The third kappa shape index (κ3) is 5.33. The lowest BCUT2D eigenvalue weighted by Crippen LogP contribution is -2.36. The summed E-state index contributed by atoms with van der Waals surface area (Å²) in [7, 11) is -3.24. The molecule has 9 heteroatoms. The molecular weight excluding hydrogens is 436 g/mol. The second-order valence-corrected chi connectivity index (χ2v) is 9.22. The first-order valence-corrected chi connectivity index (χ1v) is 11.2. The molecule has 146 valence electrons. The number of carbonyl (C=O) groups excluding carboxylic acids is 1. The predicted molar refractivity (Wildman–Crippen MR) is 104 cm³/mol. The normalized spacial score (nSPS) is 16.1. The average molecular weight is 457 g/mol. The maximum absolute atomic E-state index is 12.7. The van der Waals surface area contributed by atoms with Crippen molar-refractivity contribution in [3.8, 4) is 5.75 Å². The summed E-state index contributed by atoms with van der Waals surface area (Å²) in [5, 5.41) is 0. The fraction of sp³-hybridized carbons (Fsp3) is 0.389. The Morgan fingerprint density at radius 2 is 2.00 bits per heavy atom. The van der Waals surface area contributed by atoms with Crippen molar-refractivity contribution in [3.63, 3.8) is 0 Å². The molecular formula is C18H21BrN2O5S. The molecule has 1 amide bonds. The van der Waals surface area contributed by atoms with Crippen LogP contribution in [0.3, 0.4) is 0 Å². The summed E-state index contributed by atoms with van der Waals surface area (Å²) in [4.78, 5) is 14.3. The highest BCUT2D eigenvalue weighted by Crippen LogP contribution is 2.20. The molecule has 1 aliphatic heterocycles. The Morgan fingerprint density at radius 1 is 1.19 bits per heavy atom. The van der Waals surface area contributed by atoms with Crippen molar-refractivity contribution in [1.82, 2.24) is 9.21 Å². The van der Waals surface area contributed by atoms with E-state index in [0.29, 0.717) is 44.1 Å². The number of rotatable bonds is 5. The van der Waals surface area contributed by atoms with E-state index in [1.165, 1.54) is 10.6 Å². The monoisotopic (exact) mass is 456 g/mol. The third-order valence-electron chi connectivity index (χ3n) is 4.26. The standard InChI is InChI=1S/C18H21BrN2O5S/c1-27(23,24)21-9-3-8-20(10-11-21)18(22)17-7-6-16(26-17)13-25-15-5-2-4-14(19)12-15/h2,4-7,12H,3,8-11,13H2,1H3. The van der Waals surface area contributed by atoms with Crippen molar-refractivity contribution < 1.29 is 22.4 Å². The van der Waals surface area contributed by atoms with Gasteiger partial charge in [0.2, 0.25) is 10.0 Å². The van der Waals surface area contributed by atoms with Crippen molar-refractivity contribution >= 4 is 31.9 Å². The lowest BCUT2D eigenvalue weighted by Gasteiger charge is -2.19. The van der Waals surface area contributed by atoms with Gasteiger partial charge in [-0.1, -0.05) is 22.0 Å². The number of ether oxygens (including phenoxy) is 1. The van der Waals surface area contributed by atoms with E-state index in [1.54, 1.807) is 17.0 Å². The van der Waals surface area contributed by atoms with Gasteiger partial charge in [-0.3, -0.25) is 4.79 Å². The summed E-state index contributed by atoms with van der Waals surface area (Å²) in [5.74, 6) is 1.24. The van der Waals surface area contributed by atoms with E-state index in [4.69, 9.17) is 9.15 Å². The van der Waals surface area contributed by atoms with Gasteiger partial charge in [-0.25, -0.2) is 12.7 Å². The van der Waals surface area contributed by atoms with Gasteiger partial charge in [0.1, 0.15) is 18.1 Å². The summed E-state index contributed by atoms with van der Waals surface area (Å²) < 4.78 is 37.0. The van der Waals surface area contributed by atoms with Crippen LogP contribution in [0.5, 0.6) is 5.75 Å². The first-order chi connectivity index (χ1) is 12.8. The molecule has 3 rings (SSSR count). The summed E-state index contributed by atoms with van der Waals surface area (Å²) in [6.07, 6.45) is 1.78. The molecule has 0 aliphatic carbocycles. The van der Waals surface area contributed by atoms with E-state index < -0.39 is 10.0 Å². The number of benzene rings is 1. The van der Waals surface area contributed by atoms with Crippen LogP contribution in [0.1, 0.15) is 22.7 Å². The number of furan rings is 1. The van der Waals surface area contributed by atoms with Crippen LogP contribution >= 0.6 is 15.9 Å². The smallest absolute Gasteiger partial charge is 0.289 e. The van der Waals surface area contributed by atoms with Crippen molar-refractivity contribution in [3.05, 3.63) is 52.4 Å². The van der Waals surface area contributed by atoms with Crippen molar-refractivity contribution in [1.29, 1.82) is 0 Å². The number of hydrogen-bond donors (Lipinski definition) is 0. The predicted octanol–water partition coefficient (Wildman–Crippen LogP) is 2.73. The summed E-state index contributed by atoms with van der Waals surface area (Å²) in [6, 6.07) is 10.8. The van der Waals surface area contributed by atoms with Crippen molar-refractivity contribution in [2.24, 2.45) is 0 Å². The zero-order valence-electron chi connectivity index (χ0n) is 14.9. The lowest BCUT2D eigenvalue weighted by molar-refractivity contribution is 0.0728. The number of hydrogen-bond acceptors (Lipinski definition) is 5. The van der Waals surface area contributed by atoms with Gasteiger partial charge >= 0.3 is 0 Å². The highest BCUT2D eigenvalue weighted by atomic mass is 79.9. The van der Waals surface area contributed by atoms with Crippen LogP contribution in [0.2, 0.25) is 0 Å². The van der Waals surface area contributed by atoms with E-state index in [9.17, 15) is 13.2 Å². The molecule has 0 radical (unpaired) electrons. The molecule has 1 saturated heterocycles. The van der Waals surface area contributed by atoms with Gasteiger partial charge < -0.3 is 14.1 Å². The van der Waals surface area contributed by atoms with Crippen LogP contribution in [0.15, 0.2) is 45.3 Å². The Labute approximate surface area is 167 Å². The van der Waals surface area contributed by atoms with Gasteiger partial charge in [0.05, 0.1) is 6.26 Å². The van der Waals surface area contributed by atoms with E-state index >= 15 is 0 Å². The van der Waals surface area contributed by atoms with Crippen LogP contribution in [0.25, 0.3) is 0 Å². The van der Waals surface area contributed by atoms with Crippen LogP contribution < -0.4 is 4.74 Å². The van der Waals surface area contributed by atoms with Crippen molar-refractivity contribution in [2.75, 3.05) is 32.4 Å². The summed E-state index contributed by atoms with van der Waals surface area (Å²) >= 11 is 3.38. The van der Waals surface area contributed by atoms with E-state index in [2.05, 4.69) is 15.9 Å². The molecule has 1 aromatic carbocycles. The first-order valence-electron chi connectivity index (χ1n) is 8.54. The lowest BCUT2D eigenvalue weighted by atomic mass is 10.3. The zero-order valence-corrected chi connectivity index (χ0v) is 17.3. The zero-order chi connectivity index (χ0) is 19.4. The summed E-state index contributed by atoms with van der Waals surface area (Å²) in [6.45, 7) is 1.77. The van der Waals surface area contributed by atoms with E-state index in [0.717, 1.165) is 4.47 Å². The Bertz CT molecular complexity index is 912. The quantitative estimate of drug-likeness (QED) is 0.690. The van der Waals surface area contributed by atoms with Crippen LogP contribution in [-0.2, 0) is 16.6 Å². The maximum atomic E-state index is 12.7. The fourth-order valence-corrected chi connectivity index (χ4v) is 4.12. The topological polar surface area (TPSA) is 80.1 Å². The van der Waals surface area contributed by atoms with Gasteiger partial charge in [0.25, 0.3) is 5.91 Å². The highest BCUT2D eigenvalue weighted by Gasteiger charge is 2.25. The molecule has 2 aromatic rings. The SMILES string of the molecule is CS(=O)(=O)N1CCCN(C(=O)c2ccc(COc3cccc(Br)c3)o2)CC1. The number of sulfonamides is 1. The summed E-state index contributed by atoms with van der Waals surface area (Å²) in [5.41, 5.74) is 0. The number of halogens is 1. The molecule has 0 atom stereocenters. The largest absolute Gasteiger partial charge is 0.486 e. The van der Waals surface area contributed by atoms with Gasteiger partial charge in [0.15, 0.2) is 5.76 Å². The minimum Gasteiger partial charge on any atom is -0.486 e. The van der Waals surface area contributed by atoms with Crippen LogP contribution in [0, 0.1) is 0 Å². The fourth-order valence-electron chi connectivity index (χ4n) is 2.87. The second-order valence-electron chi connectivity index (χ2n) is 6.32. The Balaban J connectivity index is 1.59. The first kappa shape index (κ1) is 19.9. The minimum absolute atomic E-state index is 0.214. The highest BCUT2D eigenvalue weighted by molar-refractivity contribution is 9.10.